The molecule has 0 unspecified atom stereocenters. The van der Waals surface area contributed by atoms with Gasteiger partial charge in [-0.2, -0.15) is 0 Å². The highest BCUT2D eigenvalue weighted by molar-refractivity contribution is 5.89. The van der Waals surface area contributed by atoms with Gasteiger partial charge >= 0.3 is 0 Å². The van der Waals surface area contributed by atoms with Crippen molar-refractivity contribution in [3.8, 4) is 5.75 Å². The lowest BCUT2D eigenvalue weighted by Crippen LogP contribution is -2.24. The number of pyridine rings is 1. The van der Waals surface area contributed by atoms with Crippen LogP contribution in [-0.2, 0) is 11.3 Å². The number of fused-ring (bicyclic) bond motifs is 3. The van der Waals surface area contributed by atoms with Crippen LogP contribution in [0.2, 0.25) is 0 Å². The van der Waals surface area contributed by atoms with Gasteiger partial charge in [-0.25, -0.2) is 14.4 Å². The van der Waals surface area contributed by atoms with Crippen molar-refractivity contribution in [3.63, 3.8) is 0 Å². The summed E-state index contributed by atoms with van der Waals surface area (Å²) < 4.78 is 21.9. The fourth-order valence-corrected chi connectivity index (χ4v) is 3.20. The van der Waals surface area contributed by atoms with E-state index >= 15 is 0 Å². The third-order valence-corrected chi connectivity index (χ3v) is 4.59. The van der Waals surface area contributed by atoms with Crippen LogP contribution >= 0.6 is 0 Å². The quantitative estimate of drug-likeness (QED) is 0.542. The number of methoxy groups -OCH3 is 1. The fraction of sp³-hybridized carbons (Fsp3) is 0.200. The summed E-state index contributed by atoms with van der Waals surface area (Å²) in [6, 6.07) is 7.60. The number of aryl methyl sites for hydroxylation is 1. The zero-order valence-electron chi connectivity index (χ0n) is 15.6. The molecule has 0 saturated heterocycles. The molecule has 3 aromatic heterocycles. The van der Waals surface area contributed by atoms with Gasteiger partial charge in [0.25, 0.3) is 5.56 Å². The molecule has 3 heterocycles. The molecule has 0 saturated carbocycles. The van der Waals surface area contributed by atoms with Crippen molar-refractivity contribution in [1.82, 2.24) is 18.9 Å². The van der Waals surface area contributed by atoms with Gasteiger partial charge < -0.3 is 14.6 Å². The highest BCUT2D eigenvalue weighted by Gasteiger charge is 2.13. The zero-order chi connectivity index (χ0) is 20.4. The summed E-state index contributed by atoms with van der Waals surface area (Å²) >= 11 is 0. The summed E-state index contributed by atoms with van der Waals surface area (Å²) in [5.74, 6) is 0.344. The number of hydrogen-bond acceptors (Lipinski definition) is 5. The molecular weight excluding hydrogens is 377 g/mol. The molecule has 1 amide bonds. The molecule has 4 rings (SSSR count). The van der Waals surface area contributed by atoms with Crippen LogP contribution < -0.4 is 15.6 Å². The number of ether oxygens (including phenoxy) is 1. The Labute approximate surface area is 164 Å². The van der Waals surface area contributed by atoms with Crippen LogP contribution in [-0.4, -0.2) is 32.0 Å². The normalized spacial score (nSPS) is 11.1. The third kappa shape index (κ3) is 3.66. The molecule has 0 atom stereocenters. The Hall–Kier alpha value is -3.75. The molecule has 0 aliphatic carbocycles. The van der Waals surface area contributed by atoms with Gasteiger partial charge in [0.15, 0.2) is 0 Å². The lowest BCUT2D eigenvalue weighted by molar-refractivity contribution is -0.116. The number of amides is 1. The average Bonchev–Trinajstić information content (AvgIpc) is 3.21. The first-order valence-electron chi connectivity index (χ1n) is 9.02. The number of anilines is 1. The Morgan fingerprint density at radius 1 is 1.21 bits per heavy atom. The Morgan fingerprint density at radius 2 is 2.07 bits per heavy atom. The van der Waals surface area contributed by atoms with Crippen molar-refractivity contribution in [3.05, 3.63) is 65.1 Å². The lowest BCUT2D eigenvalue weighted by atomic mass is 10.2. The van der Waals surface area contributed by atoms with Crippen LogP contribution in [0.4, 0.5) is 10.2 Å². The SMILES string of the molecule is COc1ccc(NC(=O)CCCn2c(=O)c3nccn3c3ccc(F)cc32)nc1. The van der Waals surface area contributed by atoms with Gasteiger partial charge in [0.1, 0.15) is 17.4 Å². The second-order valence-electron chi connectivity index (χ2n) is 6.45. The number of imidazole rings is 1. The van der Waals surface area contributed by atoms with Crippen molar-refractivity contribution in [2.45, 2.75) is 19.4 Å². The van der Waals surface area contributed by atoms with E-state index in [1.165, 1.54) is 36.2 Å². The second-order valence-corrected chi connectivity index (χ2v) is 6.45. The first-order valence-corrected chi connectivity index (χ1v) is 9.02. The van der Waals surface area contributed by atoms with E-state index in [0.717, 1.165) is 0 Å². The molecule has 8 nitrogen and oxygen atoms in total. The minimum Gasteiger partial charge on any atom is -0.495 e. The Bertz CT molecular complexity index is 1250. The molecule has 0 aliphatic heterocycles. The third-order valence-electron chi connectivity index (χ3n) is 4.59. The molecular formula is C20H18FN5O3. The Kier molecular flexibility index (Phi) is 4.94. The number of halogens is 1. The maximum absolute atomic E-state index is 13.8. The van der Waals surface area contributed by atoms with Crippen molar-refractivity contribution in [2.24, 2.45) is 0 Å². The van der Waals surface area contributed by atoms with Crippen LogP contribution in [0.5, 0.6) is 5.75 Å². The summed E-state index contributed by atoms with van der Waals surface area (Å²) in [7, 11) is 1.54. The van der Waals surface area contributed by atoms with E-state index in [0.29, 0.717) is 29.0 Å². The minimum atomic E-state index is -0.437. The number of hydrogen-bond donors (Lipinski definition) is 1. The Morgan fingerprint density at radius 3 is 2.83 bits per heavy atom. The first-order chi connectivity index (χ1) is 14.1. The van der Waals surface area contributed by atoms with Crippen molar-refractivity contribution >= 4 is 28.4 Å². The monoisotopic (exact) mass is 395 g/mol. The van der Waals surface area contributed by atoms with Gasteiger partial charge in [-0.15, -0.1) is 0 Å². The summed E-state index contributed by atoms with van der Waals surface area (Å²) in [4.78, 5) is 33.1. The molecule has 0 fully saturated rings. The van der Waals surface area contributed by atoms with Crippen LogP contribution in [0.1, 0.15) is 12.8 Å². The summed E-state index contributed by atoms with van der Waals surface area (Å²) in [5.41, 5.74) is 1.06. The van der Waals surface area contributed by atoms with Gasteiger partial charge in [-0.3, -0.25) is 14.0 Å². The van der Waals surface area contributed by atoms with Crippen LogP contribution in [0, 0.1) is 5.82 Å². The Balaban J connectivity index is 1.51. The average molecular weight is 395 g/mol. The van der Waals surface area contributed by atoms with E-state index in [-0.39, 0.29) is 30.1 Å². The van der Waals surface area contributed by atoms with Crippen LogP contribution in [0.25, 0.3) is 16.7 Å². The van der Waals surface area contributed by atoms with E-state index in [4.69, 9.17) is 4.74 Å². The van der Waals surface area contributed by atoms with E-state index < -0.39 is 5.82 Å². The molecule has 148 valence electrons. The maximum Gasteiger partial charge on any atom is 0.294 e. The number of rotatable bonds is 6. The maximum atomic E-state index is 13.8. The summed E-state index contributed by atoms with van der Waals surface area (Å²) in [6.07, 6.45) is 5.27. The second kappa shape index (κ2) is 7.70. The van der Waals surface area contributed by atoms with Gasteiger partial charge in [-0.05, 0) is 36.8 Å². The molecule has 4 aromatic rings. The van der Waals surface area contributed by atoms with Crippen LogP contribution in [0.3, 0.4) is 0 Å². The zero-order valence-corrected chi connectivity index (χ0v) is 15.6. The molecule has 29 heavy (non-hydrogen) atoms. The number of carbonyl (C=O) groups excluding carboxylic acids is 1. The van der Waals surface area contributed by atoms with Crippen molar-refractivity contribution in [1.29, 1.82) is 0 Å². The first kappa shape index (κ1) is 18.6. The van der Waals surface area contributed by atoms with Crippen molar-refractivity contribution < 1.29 is 13.9 Å². The van der Waals surface area contributed by atoms with Crippen LogP contribution in [0.15, 0.2) is 53.7 Å². The molecule has 0 bridgehead atoms. The lowest BCUT2D eigenvalue weighted by Gasteiger charge is -2.12. The van der Waals surface area contributed by atoms with Gasteiger partial charge in [0, 0.05) is 25.4 Å². The molecule has 0 spiro atoms. The summed E-state index contributed by atoms with van der Waals surface area (Å²) in [6.45, 7) is 0.256. The topological polar surface area (TPSA) is 90.5 Å². The van der Waals surface area contributed by atoms with Gasteiger partial charge in [-0.1, -0.05) is 0 Å². The highest BCUT2D eigenvalue weighted by atomic mass is 19.1. The van der Waals surface area contributed by atoms with Gasteiger partial charge in [0.05, 0.1) is 24.3 Å². The number of nitrogens with zero attached hydrogens (tertiary/aromatic N) is 4. The van der Waals surface area contributed by atoms with E-state index in [9.17, 15) is 14.0 Å². The smallest absolute Gasteiger partial charge is 0.294 e. The molecule has 0 aliphatic rings. The fourth-order valence-electron chi connectivity index (χ4n) is 3.20. The number of benzene rings is 1. The molecule has 1 aromatic carbocycles. The van der Waals surface area contributed by atoms with E-state index in [2.05, 4.69) is 15.3 Å². The largest absolute Gasteiger partial charge is 0.495 e. The predicted octanol–water partition coefficient (Wildman–Crippen LogP) is 2.61. The predicted molar refractivity (Wildman–Crippen MR) is 106 cm³/mol. The number of carbonyl (C=O) groups is 1. The van der Waals surface area contributed by atoms with Gasteiger partial charge in [0.2, 0.25) is 11.6 Å². The van der Waals surface area contributed by atoms with E-state index in [1.807, 2.05) is 0 Å². The molecule has 9 heteroatoms. The summed E-state index contributed by atoms with van der Waals surface area (Å²) in [5, 5.41) is 2.70. The van der Waals surface area contributed by atoms with E-state index in [1.54, 1.807) is 28.8 Å². The van der Waals surface area contributed by atoms with Crippen molar-refractivity contribution in [2.75, 3.05) is 12.4 Å². The molecule has 0 radical (unpaired) electrons. The number of aromatic nitrogens is 4. The minimum absolute atomic E-state index is 0.177. The number of nitrogens with one attached hydrogen (secondary N) is 1. The standard InChI is InChI=1S/C20H18FN5O3/c1-29-14-5-7-17(23-12-14)24-18(27)3-2-9-26-16-11-13(21)4-6-15(16)25-10-8-22-19(25)20(26)28/h4-8,10-12H,2-3,9H2,1H3,(H,23,24,27). The highest BCUT2D eigenvalue weighted by Crippen LogP contribution is 2.17. The molecule has 1 N–H and O–H groups in total.